The van der Waals surface area contributed by atoms with Crippen molar-refractivity contribution in [2.75, 3.05) is 33.9 Å². The Bertz CT molecular complexity index is 810. The lowest BCUT2D eigenvalue weighted by Gasteiger charge is -2.32. The van der Waals surface area contributed by atoms with Gasteiger partial charge in [-0.15, -0.1) is 0 Å². The van der Waals surface area contributed by atoms with Crippen LogP contribution in [0.1, 0.15) is 23.2 Å². The smallest absolute Gasteiger partial charge is 0.260 e. The number of carbonyl (C=O) groups excluding carboxylic acids is 2. The fourth-order valence-electron chi connectivity index (χ4n) is 3.36. The number of nitrogens with one attached hydrogen (secondary N) is 1. The number of nitrogens with zero attached hydrogens (tertiary/aromatic N) is 1. The zero-order valence-corrected chi connectivity index (χ0v) is 16.7. The molecule has 0 radical (unpaired) electrons. The first-order chi connectivity index (χ1) is 14.1. The fourth-order valence-corrected chi connectivity index (χ4v) is 3.36. The highest BCUT2D eigenvalue weighted by atomic mass is 16.5. The van der Waals surface area contributed by atoms with E-state index in [0.717, 1.165) is 0 Å². The van der Waals surface area contributed by atoms with Gasteiger partial charge in [0.1, 0.15) is 22.8 Å². The summed E-state index contributed by atoms with van der Waals surface area (Å²) in [5.41, 5.74) is 0.382. The molecule has 1 saturated heterocycles. The monoisotopic (exact) mass is 398 g/mol. The first kappa shape index (κ1) is 20.5. The van der Waals surface area contributed by atoms with Crippen molar-refractivity contribution in [1.29, 1.82) is 0 Å². The third kappa shape index (κ3) is 5.19. The van der Waals surface area contributed by atoms with Crippen LogP contribution in [0.5, 0.6) is 17.2 Å². The van der Waals surface area contributed by atoms with Crippen LogP contribution in [0, 0.1) is 0 Å². The minimum Gasteiger partial charge on any atom is -0.496 e. The maximum atomic E-state index is 12.8. The van der Waals surface area contributed by atoms with E-state index in [-0.39, 0.29) is 24.5 Å². The normalized spacial score (nSPS) is 14.2. The SMILES string of the molecule is COc1cccc(OC)c1C(=O)NC1CCN(C(=O)COc2ccccc2)CC1. The van der Waals surface area contributed by atoms with Crippen molar-refractivity contribution in [1.82, 2.24) is 10.2 Å². The predicted octanol–water partition coefficient (Wildman–Crippen LogP) is 2.50. The van der Waals surface area contributed by atoms with Gasteiger partial charge in [-0.05, 0) is 37.1 Å². The second-order valence-corrected chi connectivity index (χ2v) is 6.77. The molecule has 1 N–H and O–H groups in total. The molecular formula is C22H26N2O5. The van der Waals surface area contributed by atoms with Crippen molar-refractivity contribution in [2.45, 2.75) is 18.9 Å². The van der Waals surface area contributed by atoms with Gasteiger partial charge in [0.25, 0.3) is 11.8 Å². The Labute approximate surface area is 170 Å². The molecule has 2 amide bonds. The highest BCUT2D eigenvalue weighted by Crippen LogP contribution is 2.28. The Morgan fingerprint density at radius 3 is 2.17 bits per heavy atom. The molecule has 0 unspecified atom stereocenters. The molecule has 1 heterocycles. The first-order valence-electron chi connectivity index (χ1n) is 9.60. The number of carbonyl (C=O) groups is 2. The fraction of sp³-hybridized carbons (Fsp3) is 0.364. The second kappa shape index (κ2) is 9.82. The average Bonchev–Trinajstić information content (AvgIpc) is 2.77. The quantitative estimate of drug-likeness (QED) is 0.776. The number of amides is 2. The maximum absolute atomic E-state index is 12.8. The van der Waals surface area contributed by atoms with Crippen LogP contribution in [0.15, 0.2) is 48.5 Å². The number of piperidine rings is 1. The summed E-state index contributed by atoms with van der Waals surface area (Å²) in [6.45, 7) is 1.16. The van der Waals surface area contributed by atoms with E-state index in [1.54, 1.807) is 23.1 Å². The van der Waals surface area contributed by atoms with E-state index < -0.39 is 0 Å². The minimum absolute atomic E-state index is 0.0133. The van der Waals surface area contributed by atoms with Crippen LogP contribution in [0.4, 0.5) is 0 Å². The van der Waals surface area contributed by atoms with Gasteiger partial charge in [-0.3, -0.25) is 9.59 Å². The van der Waals surface area contributed by atoms with Crippen LogP contribution < -0.4 is 19.5 Å². The number of ether oxygens (including phenoxy) is 3. The molecule has 1 aliphatic rings. The second-order valence-electron chi connectivity index (χ2n) is 6.77. The molecule has 1 aliphatic heterocycles. The van der Waals surface area contributed by atoms with Gasteiger partial charge in [0.15, 0.2) is 6.61 Å². The average molecular weight is 398 g/mol. The molecule has 2 aromatic rings. The van der Waals surface area contributed by atoms with Crippen LogP contribution in [0.3, 0.4) is 0 Å². The third-order valence-corrected chi connectivity index (χ3v) is 4.94. The van der Waals surface area contributed by atoms with E-state index in [9.17, 15) is 9.59 Å². The maximum Gasteiger partial charge on any atom is 0.260 e. The molecule has 3 rings (SSSR count). The molecule has 0 atom stereocenters. The Hall–Kier alpha value is -3.22. The number of methoxy groups -OCH3 is 2. The number of likely N-dealkylation sites (tertiary alicyclic amines) is 1. The van der Waals surface area contributed by atoms with Crippen molar-refractivity contribution in [2.24, 2.45) is 0 Å². The number of benzene rings is 2. The third-order valence-electron chi connectivity index (χ3n) is 4.94. The zero-order valence-electron chi connectivity index (χ0n) is 16.7. The van der Waals surface area contributed by atoms with Crippen molar-refractivity contribution < 1.29 is 23.8 Å². The molecule has 154 valence electrons. The zero-order chi connectivity index (χ0) is 20.6. The molecular weight excluding hydrogens is 372 g/mol. The molecule has 0 aliphatic carbocycles. The number of rotatable bonds is 7. The van der Waals surface area contributed by atoms with Crippen LogP contribution in [-0.2, 0) is 4.79 Å². The van der Waals surface area contributed by atoms with Crippen molar-refractivity contribution in [3.8, 4) is 17.2 Å². The summed E-state index contributed by atoms with van der Waals surface area (Å²) >= 11 is 0. The predicted molar refractivity (Wildman–Crippen MR) is 109 cm³/mol. The van der Waals surface area contributed by atoms with Gasteiger partial charge in [-0.2, -0.15) is 0 Å². The molecule has 7 heteroatoms. The van der Waals surface area contributed by atoms with Gasteiger partial charge in [0, 0.05) is 19.1 Å². The summed E-state index contributed by atoms with van der Waals surface area (Å²) < 4.78 is 16.1. The lowest BCUT2D eigenvalue weighted by molar-refractivity contribution is -0.134. The van der Waals surface area contributed by atoms with Gasteiger partial charge in [-0.25, -0.2) is 0 Å². The Morgan fingerprint density at radius 2 is 1.59 bits per heavy atom. The van der Waals surface area contributed by atoms with Crippen LogP contribution >= 0.6 is 0 Å². The molecule has 0 spiro atoms. The largest absolute Gasteiger partial charge is 0.496 e. The standard InChI is InChI=1S/C22H26N2O5/c1-27-18-9-6-10-19(28-2)21(18)22(26)23-16-11-13-24(14-12-16)20(25)15-29-17-7-4-3-5-8-17/h3-10,16H,11-15H2,1-2H3,(H,23,26). The number of hydrogen-bond donors (Lipinski definition) is 1. The Kier molecular flexibility index (Phi) is 6.94. The summed E-state index contributed by atoms with van der Waals surface area (Å²) in [7, 11) is 3.04. The first-order valence-corrected chi connectivity index (χ1v) is 9.60. The van der Waals surface area contributed by atoms with E-state index in [1.165, 1.54) is 14.2 Å². The van der Waals surface area contributed by atoms with Gasteiger partial charge in [0.05, 0.1) is 14.2 Å². The Morgan fingerprint density at radius 1 is 0.966 bits per heavy atom. The van der Waals surface area contributed by atoms with Crippen molar-refractivity contribution in [3.63, 3.8) is 0 Å². The van der Waals surface area contributed by atoms with E-state index >= 15 is 0 Å². The van der Waals surface area contributed by atoms with Gasteiger partial charge >= 0.3 is 0 Å². The molecule has 0 bridgehead atoms. The van der Waals surface area contributed by atoms with E-state index in [2.05, 4.69) is 5.32 Å². The summed E-state index contributed by atoms with van der Waals surface area (Å²) in [6.07, 6.45) is 1.36. The summed E-state index contributed by atoms with van der Waals surface area (Å²) in [5, 5.41) is 3.03. The van der Waals surface area contributed by atoms with Crippen molar-refractivity contribution >= 4 is 11.8 Å². The topological polar surface area (TPSA) is 77.1 Å². The Balaban J connectivity index is 1.51. The molecule has 2 aromatic carbocycles. The molecule has 0 saturated carbocycles. The minimum atomic E-state index is -0.239. The lowest BCUT2D eigenvalue weighted by atomic mass is 10.0. The summed E-state index contributed by atoms with van der Waals surface area (Å²) in [5.74, 6) is 1.32. The van der Waals surface area contributed by atoms with Crippen LogP contribution in [0.2, 0.25) is 0 Å². The van der Waals surface area contributed by atoms with E-state index in [4.69, 9.17) is 14.2 Å². The van der Waals surface area contributed by atoms with Crippen LogP contribution in [-0.4, -0.2) is 56.7 Å². The van der Waals surface area contributed by atoms with Gasteiger partial charge < -0.3 is 24.4 Å². The molecule has 29 heavy (non-hydrogen) atoms. The molecule has 7 nitrogen and oxygen atoms in total. The van der Waals surface area contributed by atoms with E-state index in [0.29, 0.717) is 48.7 Å². The highest BCUT2D eigenvalue weighted by Gasteiger charge is 2.26. The van der Waals surface area contributed by atoms with Gasteiger partial charge in [0.2, 0.25) is 0 Å². The number of para-hydroxylation sites is 1. The summed E-state index contributed by atoms with van der Waals surface area (Å²) in [6, 6.07) is 14.5. The highest BCUT2D eigenvalue weighted by molar-refractivity contribution is 5.99. The van der Waals surface area contributed by atoms with Gasteiger partial charge in [-0.1, -0.05) is 24.3 Å². The molecule has 0 aromatic heterocycles. The van der Waals surface area contributed by atoms with Crippen LogP contribution in [0.25, 0.3) is 0 Å². The number of hydrogen-bond acceptors (Lipinski definition) is 5. The summed E-state index contributed by atoms with van der Waals surface area (Å²) in [4.78, 5) is 26.9. The molecule has 1 fully saturated rings. The lowest BCUT2D eigenvalue weighted by Crippen LogP contribution is -2.47. The van der Waals surface area contributed by atoms with Crippen molar-refractivity contribution in [3.05, 3.63) is 54.1 Å². The van der Waals surface area contributed by atoms with E-state index in [1.807, 2.05) is 30.3 Å².